The molecule has 4 saturated carbocycles. The van der Waals surface area contributed by atoms with Gasteiger partial charge < -0.3 is 0 Å². The molecule has 0 aliphatic heterocycles. The summed E-state index contributed by atoms with van der Waals surface area (Å²) in [5.41, 5.74) is -1.12. The molecule has 0 radical (unpaired) electrons. The van der Waals surface area contributed by atoms with Gasteiger partial charge in [-0.3, -0.25) is 9.35 Å². The Balaban J connectivity index is 0.000000162. The molecule has 0 saturated heterocycles. The fourth-order valence-electron chi connectivity index (χ4n) is 6.03. The van der Waals surface area contributed by atoms with E-state index >= 15 is 0 Å². The molecule has 4 fully saturated rings. The monoisotopic (exact) mass is 525 g/mol. The fraction of sp³-hybridized carbons (Fsp3) is 0.955. The summed E-state index contributed by atoms with van der Waals surface area (Å²) < 4.78 is 33.4. The molecule has 28 heavy (non-hydrogen) atoms. The van der Waals surface area contributed by atoms with Crippen molar-refractivity contribution in [2.24, 2.45) is 16.7 Å². The molecular weight excluding hydrogens is 487 g/mol. The van der Waals surface area contributed by atoms with Crippen LogP contribution >= 0.6 is 0 Å². The summed E-state index contributed by atoms with van der Waals surface area (Å²) in [5, 5.41) is 0. The van der Waals surface area contributed by atoms with Crippen LogP contribution in [0.1, 0.15) is 97.3 Å². The van der Waals surface area contributed by atoms with Gasteiger partial charge in [-0.15, -0.1) is 0 Å². The molecule has 0 heterocycles. The van der Waals surface area contributed by atoms with Crippen molar-refractivity contribution < 1.29 is 39.0 Å². The summed E-state index contributed by atoms with van der Waals surface area (Å²) >= 11 is 0.583. The van der Waals surface area contributed by atoms with Crippen LogP contribution in [0.5, 0.6) is 0 Å². The first-order valence-corrected chi connectivity index (χ1v) is 15.3. The van der Waals surface area contributed by atoms with Crippen molar-refractivity contribution in [3.05, 3.63) is 0 Å². The van der Waals surface area contributed by atoms with E-state index in [1.54, 1.807) is 51.4 Å². The third kappa shape index (κ3) is 5.13. The zero-order valence-corrected chi connectivity index (χ0v) is 20.6. The minimum Gasteiger partial charge on any atom is -0.299 e. The van der Waals surface area contributed by atoms with Crippen molar-refractivity contribution in [2.75, 3.05) is 5.75 Å². The van der Waals surface area contributed by atoms with Crippen LogP contribution in [0.2, 0.25) is 0 Å². The van der Waals surface area contributed by atoms with Crippen LogP contribution in [0.4, 0.5) is 0 Å². The van der Waals surface area contributed by atoms with E-state index in [0.717, 1.165) is 6.42 Å². The molecule has 1 N–H and O–H groups in total. The van der Waals surface area contributed by atoms with E-state index in [2.05, 4.69) is 0 Å². The topological polar surface area (TPSA) is 71.4 Å². The average molecular weight is 526 g/mol. The van der Waals surface area contributed by atoms with Crippen molar-refractivity contribution in [3.63, 3.8) is 0 Å². The number of rotatable bonds is 4. The molecule has 0 aromatic carbocycles. The Kier molecular flexibility index (Phi) is 7.56. The molecule has 2 atom stereocenters. The summed E-state index contributed by atoms with van der Waals surface area (Å²) in [6.45, 7) is 3.89. The van der Waals surface area contributed by atoms with Gasteiger partial charge in [0.15, 0.2) is 0 Å². The summed E-state index contributed by atoms with van der Waals surface area (Å²) in [6.07, 6.45) is 17.7. The molecule has 4 aliphatic carbocycles. The van der Waals surface area contributed by atoms with Crippen LogP contribution in [0.15, 0.2) is 0 Å². The number of hydrogen-bond acceptors (Lipinski definition) is 3. The second-order valence-corrected chi connectivity index (χ2v) is 15.7. The molecule has 6 heteroatoms. The number of carbonyl (C=O) groups is 1. The maximum atomic E-state index is 11.9. The van der Waals surface area contributed by atoms with E-state index in [1.165, 1.54) is 20.7 Å². The van der Waals surface area contributed by atoms with Gasteiger partial charge in [0.1, 0.15) is 5.78 Å². The predicted octanol–water partition coefficient (Wildman–Crippen LogP) is 2.01. The van der Waals surface area contributed by atoms with Crippen molar-refractivity contribution >= 4 is 15.9 Å². The number of carbonyl (C=O) groups excluding carboxylic acids is 1. The number of halogens is 1. The molecule has 164 valence electrons. The van der Waals surface area contributed by atoms with Gasteiger partial charge in [0.25, 0.3) is 10.1 Å². The van der Waals surface area contributed by atoms with Crippen molar-refractivity contribution in [3.8, 4) is 0 Å². The van der Waals surface area contributed by atoms with Crippen molar-refractivity contribution in [1.82, 2.24) is 0 Å². The zero-order valence-electron chi connectivity index (χ0n) is 17.6. The number of ketones is 1. The summed E-state index contributed by atoms with van der Waals surface area (Å²) in [7, 11) is -4.08. The molecule has 4 nitrogen and oxygen atoms in total. The van der Waals surface area contributed by atoms with E-state index in [0.29, 0.717) is 34.0 Å². The number of alkyl halides is 2. The number of hydrogen-bond donors (Lipinski definition) is 1. The van der Waals surface area contributed by atoms with Crippen LogP contribution in [0.3, 0.4) is 0 Å². The Bertz CT molecular complexity index is 631. The normalized spacial score (nSPS) is 33.7. The Labute approximate surface area is 182 Å². The Morgan fingerprint density at radius 1 is 0.929 bits per heavy atom. The Hall–Kier alpha value is 0.310. The molecule has 0 amide bonds. The van der Waals surface area contributed by atoms with E-state index in [1.807, 2.05) is 13.8 Å². The third-order valence-electron chi connectivity index (χ3n) is 7.99. The summed E-state index contributed by atoms with van der Waals surface area (Å²) in [4.78, 5) is 11.9. The van der Waals surface area contributed by atoms with Crippen molar-refractivity contribution in [2.45, 2.75) is 105 Å². The maximum Gasteiger partial charge on any atom is 0.265 e. The van der Waals surface area contributed by atoms with Crippen LogP contribution in [-0.2, 0) is 14.9 Å². The van der Waals surface area contributed by atoms with E-state index in [-0.39, 0.29) is 17.1 Å². The molecule has 0 spiro atoms. The molecule has 2 unspecified atom stereocenters. The maximum absolute atomic E-state index is 11.9. The average Bonchev–Trinajstić information content (AvgIpc) is 2.97. The van der Waals surface area contributed by atoms with Gasteiger partial charge in [-0.05, 0) is 24.2 Å². The predicted molar refractivity (Wildman–Crippen MR) is 109 cm³/mol. The summed E-state index contributed by atoms with van der Waals surface area (Å²) in [5.74, 6) is -0.101. The van der Waals surface area contributed by atoms with Gasteiger partial charge in [0.05, 0.1) is 11.2 Å². The van der Waals surface area contributed by atoms with Crippen LogP contribution < -0.4 is 21.2 Å². The second-order valence-electron chi connectivity index (χ2n) is 9.99. The molecule has 0 aromatic rings. The molecule has 0 aromatic heterocycles. The second kappa shape index (κ2) is 9.21. The van der Waals surface area contributed by atoms with Gasteiger partial charge >= 0.3 is 93.3 Å². The fourth-order valence-corrected chi connectivity index (χ4v) is 12.0. The molecule has 4 rings (SSSR count). The van der Waals surface area contributed by atoms with Crippen LogP contribution in [0, 0.1) is 16.7 Å². The SMILES string of the molecule is C1CCC([I-]C2CCCCC2)CC1.CC1(C)C2CCC1(CS(=O)(=O)O)C(=O)C2. The van der Waals surface area contributed by atoms with Gasteiger partial charge in [-0.1, -0.05) is 13.8 Å². The molecule has 4 aliphatic rings. The zero-order chi connectivity index (χ0) is 20.4. The van der Waals surface area contributed by atoms with E-state index in [4.69, 9.17) is 4.55 Å². The number of Topliss-reactive ketones (excluding diaryl/α,β-unsaturated/α-hetero) is 1. The first-order chi connectivity index (χ1) is 13.1. The van der Waals surface area contributed by atoms with Gasteiger partial charge in [0.2, 0.25) is 0 Å². The minimum atomic E-state index is -4.08. The van der Waals surface area contributed by atoms with Gasteiger partial charge in [-0.2, -0.15) is 8.42 Å². The van der Waals surface area contributed by atoms with Crippen LogP contribution in [0.25, 0.3) is 0 Å². The van der Waals surface area contributed by atoms with E-state index in [9.17, 15) is 13.2 Å². The molecular formula is C22H38IO4S-. The Morgan fingerprint density at radius 2 is 1.43 bits per heavy atom. The standard InChI is InChI=1S/C12H22I.C10H16O4S/c1-3-7-11(8-4-1)13-12-9-5-2-6-10-12;1-9(2)7-3-4-10(9,8(11)5-7)6-15(12,13)14/h11-12H,1-10H2;7H,3-6H2,1-2H3,(H,12,13,14)/q-1;. The third-order valence-corrected chi connectivity index (χ3v) is 13.4. The Morgan fingerprint density at radius 3 is 1.79 bits per heavy atom. The minimum absolute atomic E-state index is 0.0152. The first-order valence-electron chi connectivity index (χ1n) is 11.2. The van der Waals surface area contributed by atoms with Crippen molar-refractivity contribution in [1.29, 1.82) is 0 Å². The molecule has 2 bridgehead atoms. The van der Waals surface area contributed by atoms with Gasteiger partial charge in [0, 0.05) is 6.42 Å². The number of fused-ring (bicyclic) bond motifs is 2. The van der Waals surface area contributed by atoms with Crippen LogP contribution in [-0.4, -0.2) is 32.4 Å². The smallest absolute Gasteiger partial charge is 0.265 e. The summed E-state index contributed by atoms with van der Waals surface area (Å²) in [6, 6.07) is 0. The van der Waals surface area contributed by atoms with E-state index < -0.39 is 21.3 Å². The quantitative estimate of drug-likeness (QED) is 0.347. The largest absolute Gasteiger partial charge is 0.299 e. The first kappa shape index (κ1) is 23.0. The van der Waals surface area contributed by atoms with Gasteiger partial charge in [-0.25, -0.2) is 0 Å².